The molecule has 1 saturated carbocycles. The molecule has 1 N–H and O–H groups in total. The molecule has 3 aromatic rings. The topological polar surface area (TPSA) is 68.5 Å². The van der Waals surface area contributed by atoms with Crippen LogP contribution in [0.1, 0.15) is 47.3 Å². The lowest BCUT2D eigenvalue weighted by Gasteiger charge is -2.11. The highest BCUT2D eigenvalue weighted by atomic mass is 79.9. The third-order valence-corrected chi connectivity index (χ3v) is 6.15. The lowest BCUT2D eigenvalue weighted by molar-refractivity contribution is -0.147. The predicted molar refractivity (Wildman–Crippen MR) is 114 cm³/mol. The fraction of sp³-hybridized carbons (Fsp3) is 0.304. The normalized spacial score (nSPS) is 14.4. The van der Waals surface area contributed by atoms with E-state index in [1.54, 1.807) is 31.2 Å². The van der Waals surface area contributed by atoms with Gasteiger partial charge in [-0.2, -0.15) is 0 Å². The Morgan fingerprint density at radius 3 is 2.53 bits per heavy atom. The van der Waals surface area contributed by atoms with Gasteiger partial charge in [0.1, 0.15) is 6.10 Å². The first-order valence-electron chi connectivity index (χ1n) is 9.87. The van der Waals surface area contributed by atoms with Crippen LogP contribution in [-0.4, -0.2) is 27.7 Å². The van der Waals surface area contributed by atoms with E-state index in [1.165, 1.54) is 10.6 Å². The van der Waals surface area contributed by atoms with E-state index < -0.39 is 11.6 Å². The minimum Gasteiger partial charge on any atom is -0.505 e. The molecule has 0 aliphatic heterocycles. The third-order valence-electron chi connectivity index (χ3n) is 5.62. The number of carbonyl (C=O) groups excluding carboxylic acids is 2. The average Bonchev–Trinajstić information content (AvgIpc) is 3.30. The van der Waals surface area contributed by atoms with Crippen LogP contribution in [0, 0.1) is 12.7 Å². The Bertz CT molecular complexity index is 1130. The third kappa shape index (κ3) is 3.86. The monoisotopic (exact) mass is 473 g/mol. The lowest BCUT2D eigenvalue weighted by Crippen LogP contribution is -2.17. The zero-order chi connectivity index (χ0) is 21.4. The maximum Gasteiger partial charge on any atom is 0.310 e. The van der Waals surface area contributed by atoms with Crippen LogP contribution in [-0.2, 0) is 16.0 Å². The first-order chi connectivity index (χ1) is 14.3. The maximum atomic E-state index is 14.1. The summed E-state index contributed by atoms with van der Waals surface area (Å²) in [6.45, 7) is 1.71. The fourth-order valence-electron chi connectivity index (χ4n) is 4.07. The molecule has 0 atom stereocenters. The molecule has 1 aliphatic carbocycles. The molecule has 1 aromatic heterocycles. The van der Waals surface area contributed by atoms with Crippen molar-refractivity contribution in [1.29, 1.82) is 0 Å². The summed E-state index contributed by atoms with van der Waals surface area (Å²) in [6.07, 6.45) is 3.70. The Hall–Kier alpha value is -2.67. The average molecular weight is 474 g/mol. The van der Waals surface area contributed by atoms with E-state index >= 15 is 0 Å². The highest BCUT2D eigenvalue weighted by molar-refractivity contribution is 9.10. The summed E-state index contributed by atoms with van der Waals surface area (Å²) in [5.41, 5.74) is 1.80. The number of carbonyl (C=O) groups is 2. The van der Waals surface area contributed by atoms with Crippen LogP contribution in [0.15, 0.2) is 40.9 Å². The van der Waals surface area contributed by atoms with Gasteiger partial charge < -0.3 is 9.84 Å². The van der Waals surface area contributed by atoms with Crippen molar-refractivity contribution in [3.8, 4) is 5.75 Å². The van der Waals surface area contributed by atoms with E-state index in [1.807, 2.05) is 0 Å². The minimum absolute atomic E-state index is 0.0511. The van der Waals surface area contributed by atoms with Gasteiger partial charge in [-0.05, 0) is 68.5 Å². The van der Waals surface area contributed by atoms with Gasteiger partial charge in [0.25, 0.3) is 5.91 Å². The standard InChI is InChI=1S/C23H21BrFNO4/c1-13-17(11-22(28)30-16-4-2-3-5-16)18-10-21(27)19(25)12-20(18)26(13)23(29)14-6-8-15(24)9-7-14/h6-10,12,16,27H,2-5,11H2,1H3. The van der Waals surface area contributed by atoms with Crippen molar-refractivity contribution >= 4 is 38.7 Å². The molecule has 1 aliphatic rings. The zero-order valence-corrected chi connectivity index (χ0v) is 18.0. The first kappa shape index (κ1) is 20.6. The molecule has 0 radical (unpaired) electrons. The van der Waals surface area contributed by atoms with E-state index in [9.17, 15) is 19.1 Å². The smallest absolute Gasteiger partial charge is 0.310 e. The van der Waals surface area contributed by atoms with Gasteiger partial charge in [-0.1, -0.05) is 15.9 Å². The number of hydrogen-bond acceptors (Lipinski definition) is 4. The summed E-state index contributed by atoms with van der Waals surface area (Å²) in [7, 11) is 0. The summed E-state index contributed by atoms with van der Waals surface area (Å²) in [5, 5.41) is 10.4. The Balaban J connectivity index is 1.77. The Morgan fingerprint density at radius 2 is 1.87 bits per heavy atom. The number of esters is 1. The molecule has 0 saturated heterocycles. The maximum absolute atomic E-state index is 14.1. The number of rotatable bonds is 4. The molecule has 2 aromatic carbocycles. The van der Waals surface area contributed by atoms with Crippen LogP contribution in [0.25, 0.3) is 10.9 Å². The number of aromatic hydroxyl groups is 1. The number of phenols is 1. The van der Waals surface area contributed by atoms with Crippen LogP contribution in [0.5, 0.6) is 5.75 Å². The molecule has 0 unspecified atom stereocenters. The lowest BCUT2D eigenvalue weighted by atomic mass is 10.1. The molecular weight excluding hydrogens is 453 g/mol. The SMILES string of the molecule is Cc1c(CC(=O)OC2CCCC2)c2cc(O)c(F)cc2n1C(=O)c1ccc(Br)cc1. The highest BCUT2D eigenvalue weighted by Crippen LogP contribution is 2.33. The largest absolute Gasteiger partial charge is 0.505 e. The molecule has 156 valence electrons. The van der Waals surface area contributed by atoms with Gasteiger partial charge in [-0.3, -0.25) is 14.2 Å². The molecule has 0 spiro atoms. The molecule has 7 heteroatoms. The zero-order valence-electron chi connectivity index (χ0n) is 16.5. The Morgan fingerprint density at radius 1 is 1.20 bits per heavy atom. The number of nitrogens with zero attached hydrogens (tertiary/aromatic N) is 1. The quantitative estimate of drug-likeness (QED) is 0.523. The first-order valence-corrected chi connectivity index (χ1v) is 10.7. The van der Waals surface area contributed by atoms with E-state index in [0.29, 0.717) is 27.7 Å². The minimum atomic E-state index is -0.829. The van der Waals surface area contributed by atoms with Crippen LogP contribution in [0.3, 0.4) is 0 Å². The van der Waals surface area contributed by atoms with Crippen molar-refractivity contribution in [2.45, 2.75) is 45.1 Å². The van der Waals surface area contributed by atoms with Crippen molar-refractivity contribution in [2.75, 3.05) is 0 Å². The molecular formula is C23H21BrFNO4. The number of aromatic nitrogens is 1. The summed E-state index contributed by atoms with van der Waals surface area (Å²) in [5.74, 6) is -2.08. The number of phenolic OH excluding ortho intramolecular Hbond substituents is 1. The summed E-state index contributed by atoms with van der Waals surface area (Å²) in [6, 6.07) is 9.23. The molecule has 0 bridgehead atoms. The van der Waals surface area contributed by atoms with E-state index in [0.717, 1.165) is 36.2 Å². The van der Waals surface area contributed by atoms with Crippen molar-refractivity contribution in [3.63, 3.8) is 0 Å². The second kappa shape index (κ2) is 8.22. The van der Waals surface area contributed by atoms with Gasteiger partial charge in [0.2, 0.25) is 0 Å². The van der Waals surface area contributed by atoms with Crippen LogP contribution in [0.4, 0.5) is 4.39 Å². The molecule has 1 heterocycles. The summed E-state index contributed by atoms with van der Waals surface area (Å²) in [4.78, 5) is 25.8. The number of fused-ring (bicyclic) bond motifs is 1. The fourth-order valence-corrected chi connectivity index (χ4v) is 4.34. The van der Waals surface area contributed by atoms with E-state index in [-0.39, 0.29) is 24.4 Å². The van der Waals surface area contributed by atoms with Crippen molar-refractivity contribution < 1.29 is 23.8 Å². The Kier molecular flexibility index (Phi) is 5.64. The predicted octanol–water partition coefficient (Wildman–Crippen LogP) is 5.27. The molecule has 1 fully saturated rings. The van der Waals surface area contributed by atoms with E-state index in [2.05, 4.69) is 15.9 Å². The summed E-state index contributed by atoms with van der Waals surface area (Å²) >= 11 is 3.34. The molecule has 0 amide bonds. The van der Waals surface area contributed by atoms with Crippen molar-refractivity contribution in [2.24, 2.45) is 0 Å². The van der Waals surface area contributed by atoms with Crippen LogP contribution in [0.2, 0.25) is 0 Å². The molecule has 30 heavy (non-hydrogen) atoms. The number of halogens is 2. The number of benzene rings is 2. The van der Waals surface area contributed by atoms with Gasteiger partial charge in [-0.25, -0.2) is 4.39 Å². The molecule has 5 nitrogen and oxygen atoms in total. The van der Waals surface area contributed by atoms with Gasteiger partial charge in [0.15, 0.2) is 11.6 Å². The van der Waals surface area contributed by atoms with Gasteiger partial charge >= 0.3 is 5.97 Å². The second-order valence-electron chi connectivity index (χ2n) is 7.61. The highest BCUT2D eigenvalue weighted by Gasteiger charge is 2.25. The van der Waals surface area contributed by atoms with Crippen LogP contribution < -0.4 is 0 Å². The van der Waals surface area contributed by atoms with Gasteiger partial charge in [0.05, 0.1) is 11.9 Å². The Labute approximate surface area is 181 Å². The number of ether oxygens (including phenoxy) is 1. The van der Waals surface area contributed by atoms with Crippen molar-refractivity contribution in [1.82, 2.24) is 4.57 Å². The van der Waals surface area contributed by atoms with E-state index in [4.69, 9.17) is 4.74 Å². The molecule has 4 rings (SSSR count). The summed E-state index contributed by atoms with van der Waals surface area (Å²) < 4.78 is 21.9. The van der Waals surface area contributed by atoms with Crippen LogP contribution >= 0.6 is 15.9 Å². The van der Waals surface area contributed by atoms with Crippen molar-refractivity contribution in [3.05, 3.63) is 63.5 Å². The number of hydrogen-bond donors (Lipinski definition) is 1. The van der Waals surface area contributed by atoms with Gasteiger partial charge in [-0.15, -0.1) is 0 Å². The van der Waals surface area contributed by atoms with Gasteiger partial charge in [0, 0.05) is 27.2 Å². The second-order valence-corrected chi connectivity index (χ2v) is 8.52.